The predicted octanol–water partition coefficient (Wildman–Crippen LogP) is 7.53. The molecule has 5 nitrogen and oxygen atoms in total. The monoisotopic (exact) mass is 527 g/mol. The molecule has 4 aromatic carbocycles. The van der Waals surface area contributed by atoms with Crippen molar-refractivity contribution in [2.45, 2.75) is 0 Å². The van der Waals surface area contributed by atoms with E-state index in [1.165, 1.54) is 16.3 Å². The number of nitrogens with zero attached hydrogens (tertiary/aromatic N) is 3. The Hall–Kier alpha value is -3.81. The Labute approximate surface area is 209 Å². The Morgan fingerprint density at radius 2 is 1.62 bits per heavy atom. The molecule has 1 heterocycles. The van der Waals surface area contributed by atoms with Gasteiger partial charge in [0.2, 0.25) is 5.13 Å². The van der Waals surface area contributed by atoms with Gasteiger partial charge in [-0.05, 0) is 54.1 Å². The fourth-order valence-electron chi connectivity index (χ4n) is 3.27. The molecule has 0 N–H and O–H groups in total. The second-order valence-electron chi connectivity index (χ2n) is 7.32. The fraction of sp³-hybridized carbons (Fsp3) is 0. The molecule has 0 radical (unpaired) electrons. The van der Waals surface area contributed by atoms with Crippen LogP contribution in [0.5, 0.6) is 11.5 Å². The molecule has 0 saturated heterocycles. The Kier molecular flexibility index (Phi) is 6.46. The number of anilines is 1. The molecule has 0 saturated carbocycles. The van der Waals surface area contributed by atoms with E-state index in [0.29, 0.717) is 22.2 Å². The van der Waals surface area contributed by atoms with Gasteiger partial charge in [0.05, 0.1) is 16.4 Å². The molecule has 0 atom stereocenters. The first kappa shape index (κ1) is 22.0. The Morgan fingerprint density at radius 3 is 2.41 bits per heavy atom. The van der Waals surface area contributed by atoms with Gasteiger partial charge in [0.1, 0.15) is 11.5 Å². The molecule has 0 aliphatic carbocycles. The van der Waals surface area contributed by atoms with Gasteiger partial charge < -0.3 is 4.74 Å². The van der Waals surface area contributed by atoms with Gasteiger partial charge in [-0.2, -0.15) is 10.1 Å². The molecule has 0 bridgehead atoms. The van der Waals surface area contributed by atoms with Crippen LogP contribution < -0.4 is 9.75 Å². The molecule has 166 valence electrons. The van der Waals surface area contributed by atoms with Crippen molar-refractivity contribution in [1.29, 1.82) is 0 Å². The van der Waals surface area contributed by atoms with E-state index in [1.54, 1.807) is 24.4 Å². The summed E-state index contributed by atoms with van der Waals surface area (Å²) in [6, 6.07) is 32.0. The first-order chi connectivity index (χ1) is 16.7. The Morgan fingerprint density at radius 1 is 0.882 bits per heavy atom. The number of fused-ring (bicyclic) bond motifs is 1. The van der Waals surface area contributed by atoms with Crippen molar-refractivity contribution in [3.8, 4) is 11.5 Å². The number of hydrazone groups is 1. The third-order valence-corrected chi connectivity index (χ3v) is 6.38. The lowest BCUT2D eigenvalue weighted by atomic mass is 10.2. The van der Waals surface area contributed by atoms with Crippen molar-refractivity contribution in [2.75, 3.05) is 5.01 Å². The molecule has 5 aromatic rings. The summed E-state index contributed by atoms with van der Waals surface area (Å²) in [6.45, 7) is 0. The van der Waals surface area contributed by atoms with E-state index in [0.717, 1.165) is 20.3 Å². The van der Waals surface area contributed by atoms with Crippen molar-refractivity contribution in [2.24, 2.45) is 5.10 Å². The molecule has 0 aliphatic heterocycles. The van der Waals surface area contributed by atoms with Crippen LogP contribution >= 0.6 is 27.3 Å². The Bertz CT molecular complexity index is 1470. The average Bonchev–Trinajstić information content (AvgIpc) is 3.28. The first-order valence-electron chi connectivity index (χ1n) is 10.5. The van der Waals surface area contributed by atoms with Crippen LogP contribution in [0.2, 0.25) is 0 Å². The summed E-state index contributed by atoms with van der Waals surface area (Å²) in [5.41, 5.74) is 2.13. The standard InChI is InChI=1S/C27H18BrN3O2S/c28-21-14-15-24-25(17-21)34-27(30-24)31(29-18-19-8-3-1-4-9-19)26(32)20-10-7-13-23(16-20)33-22-11-5-2-6-12-22/h1-18H/b29-18+. The van der Waals surface area contributed by atoms with Gasteiger partial charge in [-0.1, -0.05) is 81.9 Å². The van der Waals surface area contributed by atoms with E-state index >= 15 is 0 Å². The minimum Gasteiger partial charge on any atom is -0.457 e. The number of para-hydroxylation sites is 1. The van der Waals surface area contributed by atoms with Crippen LogP contribution in [0.15, 0.2) is 113 Å². The summed E-state index contributed by atoms with van der Waals surface area (Å²) in [4.78, 5) is 18.3. The maximum absolute atomic E-state index is 13.6. The fourth-order valence-corrected chi connectivity index (χ4v) is 4.74. The lowest BCUT2D eigenvalue weighted by Gasteiger charge is -2.14. The lowest BCUT2D eigenvalue weighted by Crippen LogP contribution is -2.25. The van der Waals surface area contributed by atoms with Crippen molar-refractivity contribution in [1.82, 2.24) is 4.98 Å². The van der Waals surface area contributed by atoms with Gasteiger partial charge in [-0.25, -0.2) is 4.98 Å². The minimum absolute atomic E-state index is 0.302. The van der Waals surface area contributed by atoms with Crippen LogP contribution in [-0.2, 0) is 0 Å². The van der Waals surface area contributed by atoms with Crippen molar-refractivity contribution < 1.29 is 9.53 Å². The zero-order valence-electron chi connectivity index (χ0n) is 17.8. The Balaban J connectivity index is 1.51. The van der Waals surface area contributed by atoms with Crippen LogP contribution in [0.1, 0.15) is 15.9 Å². The van der Waals surface area contributed by atoms with E-state index in [9.17, 15) is 4.79 Å². The van der Waals surface area contributed by atoms with Crippen LogP contribution in [0.4, 0.5) is 5.13 Å². The number of ether oxygens (including phenoxy) is 1. The predicted molar refractivity (Wildman–Crippen MR) is 141 cm³/mol. The van der Waals surface area contributed by atoms with E-state index in [1.807, 2.05) is 84.9 Å². The van der Waals surface area contributed by atoms with Gasteiger partial charge in [-0.3, -0.25) is 4.79 Å². The highest BCUT2D eigenvalue weighted by Gasteiger charge is 2.21. The van der Waals surface area contributed by atoms with Gasteiger partial charge in [0, 0.05) is 10.0 Å². The number of carbonyl (C=O) groups is 1. The second kappa shape index (κ2) is 9.99. The summed E-state index contributed by atoms with van der Waals surface area (Å²) >= 11 is 4.90. The largest absolute Gasteiger partial charge is 0.457 e. The molecule has 0 spiro atoms. The zero-order valence-corrected chi connectivity index (χ0v) is 20.2. The van der Waals surface area contributed by atoms with Gasteiger partial charge in [-0.15, -0.1) is 0 Å². The maximum atomic E-state index is 13.6. The quantitative estimate of drug-likeness (QED) is 0.169. The molecule has 5 rings (SSSR count). The molecule has 0 unspecified atom stereocenters. The molecule has 1 amide bonds. The third-order valence-electron chi connectivity index (χ3n) is 4.89. The highest BCUT2D eigenvalue weighted by atomic mass is 79.9. The van der Waals surface area contributed by atoms with Crippen LogP contribution in [-0.4, -0.2) is 17.1 Å². The molecule has 0 fully saturated rings. The van der Waals surface area contributed by atoms with Gasteiger partial charge in [0.15, 0.2) is 0 Å². The van der Waals surface area contributed by atoms with Crippen molar-refractivity contribution in [3.05, 3.63) is 119 Å². The van der Waals surface area contributed by atoms with Crippen LogP contribution in [0.25, 0.3) is 10.2 Å². The van der Waals surface area contributed by atoms with E-state index in [2.05, 4.69) is 26.0 Å². The molecule has 1 aromatic heterocycles. The number of rotatable bonds is 6. The highest BCUT2D eigenvalue weighted by molar-refractivity contribution is 9.10. The normalized spacial score (nSPS) is 11.1. The summed E-state index contributed by atoms with van der Waals surface area (Å²) in [6.07, 6.45) is 1.66. The van der Waals surface area contributed by atoms with Crippen LogP contribution in [0, 0.1) is 0 Å². The van der Waals surface area contributed by atoms with Crippen molar-refractivity contribution in [3.63, 3.8) is 0 Å². The molecular weight excluding hydrogens is 510 g/mol. The number of halogens is 1. The van der Waals surface area contributed by atoms with E-state index < -0.39 is 0 Å². The minimum atomic E-state index is -0.302. The summed E-state index contributed by atoms with van der Waals surface area (Å²) in [7, 11) is 0. The maximum Gasteiger partial charge on any atom is 0.280 e. The smallest absolute Gasteiger partial charge is 0.280 e. The summed E-state index contributed by atoms with van der Waals surface area (Å²) in [5, 5.41) is 6.35. The number of aromatic nitrogens is 1. The highest BCUT2D eigenvalue weighted by Crippen LogP contribution is 2.32. The number of hydrogen-bond donors (Lipinski definition) is 0. The topological polar surface area (TPSA) is 54.8 Å². The first-order valence-corrected chi connectivity index (χ1v) is 12.1. The number of hydrogen-bond acceptors (Lipinski definition) is 5. The molecule has 34 heavy (non-hydrogen) atoms. The molecule has 0 aliphatic rings. The van der Waals surface area contributed by atoms with E-state index in [4.69, 9.17) is 4.74 Å². The molecular formula is C27H18BrN3O2S. The third kappa shape index (κ3) is 5.06. The summed E-state index contributed by atoms with van der Waals surface area (Å²) in [5.74, 6) is 0.962. The molecule has 7 heteroatoms. The average molecular weight is 528 g/mol. The number of benzene rings is 4. The van der Waals surface area contributed by atoms with Crippen LogP contribution in [0.3, 0.4) is 0 Å². The van der Waals surface area contributed by atoms with Gasteiger partial charge in [0.25, 0.3) is 5.91 Å². The van der Waals surface area contributed by atoms with E-state index in [-0.39, 0.29) is 5.91 Å². The lowest BCUT2D eigenvalue weighted by molar-refractivity contribution is 0.0987. The SMILES string of the molecule is O=C(c1cccc(Oc2ccccc2)c1)N(/N=C/c1ccccc1)c1nc2ccc(Br)cc2s1. The van der Waals surface area contributed by atoms with Crippen molar-refractivity contribution >= 4 is 54.7 Å². The second-order valence-corrected chi connectivity index (χ2v) is 9.25. The zero-order chi connectivity index (χ0) is 23.3. The summed E-state index contributed by atoms with van der Waals surface area (Å²) < 4.78 is 7.83. The van der Waals surface area contributed by atoms with Gasteiger partial charge >= 0.3 is 0 Å². The number of carbonyl (C=O) groups excluding carboxylic acids is 1. The number of thiazole rings is 1. The number of amides is 1.